The summed E-state index contributed by atoms with van der Waals surface area (Å²) in [4.78, 5) is 25.3. The SMILES string of the molecule is CCCC(N)CC1(c2nnn[nH]2)c2ccc(C(=O)NCC)cc2CCc2cc(C(=O)NCC)ccc21. The van der Waals surface area contributed by atoms with Gasteiger partial charge in [-0.1, -0.05) is 25.5 Å². The molecule has 1 aliphatic carbocycles. The summed E-state index contributed by atoms with van der Waals surface area (Å²) in [7, 11) is 0. The number of benzene rings is 2. The van der Waals surface area contributed by atoms with E-state index in [1.165, 1.54) is 0 Å². The number of aromatic nitrogens is 4. The molecular formula is C27H35N7O2. The molecule has 1 heterocycles. The van der Waals surface area contributed by atoms with Crippen LogP contribution in [0, 0.1) is 0 Å². The van der Waals surface area contributed by atoms with Gasteiger partial charge in [-0.25, -0.2) is 5.10 Å². The number of amides is 2. The van der Waals surface area contributed by atoms with Crippen LogP contribution >= 0.6 is 0 Å². The van der Waals surface area contributed by atoms with Crippen molar-refractivity contribution in [3.63, 3.8) is 0 Å². The maximum absolute atomic E-state index is 12.7. The topological polar surface area (TPSA) is 139 Å². The Balaban J connectivity index is 1.96. The van der Waals surface area contributed by atoms with Crippen LogP contribution in [0.5, 0.6) is 0 Å². The van der Waals surface area contributed by atoms with E-state index in [0.29, 0.717) is 49.3 Å². The highest BCUT2D eigenvalue weighted by Crippen LogP contribution is 2.47. The number of rotatable bonds is 9. The Morgan fingerprint density at radius 1 is 0.972 bits per heavy atom. The number of hydrogen-bond donors (Lipinski definition) is 4. The van der Waals surface area contributed by atoms with Crippen molar-refractivity contribution in [1.82, 2.24) is 31.3 Å². The number of H-pyrrole nitrogens is 1. The van der Waals surface area contributed by atoms with Gasteiger partial charge in [-0.3, -0.25) is 9.59 Å². The first-order valence-electron chi connectivity index (χ1n) is 12.8. The van der Waals surface area contributed by atoms with Gasteiger partial charge in [0.15, 0.2) is 5.82 Å². The molecule has 0 fully saturated rings. The molecule has 0 saturated carbocycles. The van der Waals surface area contributed by atoms with Gasteiger partial charge in [0.05, 0.1) is 5.41 Å². The molecule has 0 spiro atoms. The Hall–Kier alpha value is -3.59. The molecule has 1 unspecified atom stereocenters. The van der Waals surface area contributed by atoms with Crippen molar-refractivity contribution in [3.8, 4) is 0 Å². The van der Waals surface area contributed by atoms with Crippen molar-refractivity contribution >= 4 is 11.8 Å². The molecule has 1 aromatic heterocycles. The molecule has 9 nitrogen and oxygen atoms in total. The van der Waals surface area contributed by atoms with Crippen LogP contribution in [-0.2, 0) is 18.3 Å². The van der Waals surface area contributed by atoms with E-state index in [2.05, 4.69) is 38.2 Å². The van der Waals surface area contributed by atoms with Crippen molar-refractivity contribution in [3.05, 3.63) is 75.6 Å². The third-order valence-corrected chi connectivity index (χ3v) is 6.97. The number of hydrogen-bond acceptors (Lipinski definition) is 6. The fourth-order valence-electron chi connectivity index (χ4n) is 5.43. The highest BCUT2D eigenvalue weighted by molar-refractivity contribution is 5.95. The highest BCUT2D eigenvalue weighted by Gasteiger charge is 2.45. The van der Waals surface area contributed by atoms with Gasteiger partial charge in [-0.05, 0) is 96.5 Å². The van der Waals surface area contributed by atoms with Crippen molar-refractivity contribution in [2.75, 3.05) is 13.1 Å². The summed E-state index contributed by atoms with van der Waals surface area (Å²) < 4.78 is 0. The van der Waals surface area contributed by atoms with Gasteiger partial charge < -0.3 is 16.4 Å². The van der Waals surface area contributed by atoms with E-state index in [4.69, 9.17) is 5.73 Å². The summed E-state index contributed by atoms with van der Waals surface area (Å²) in [5.41, 5.74) is 11.3. The third-order valence-electron chi connectivity index (χ3n) is 6.97. The van der Waals surface area contributed by atoms with Crippen LogP contribution in [0.2, 0.25) is 0 Å². The molecule has 9 heteroatoms. The zero-order valence-electron chi connectivity index (χ0n) is 21.2. The summed E-state index contributed by atoms with van der Waals surface area (Å²) >= 11 is 0. The molecule has 1 aliphatic rings. The lowest BCUT2D eigenvalue weighted by atomic mass is 9.67. The van der Waals surface area contributed by atoms with E-state index in [1.807, 2.05) is 50.2 Å². The van der Waals surface area contributed by atoms with E-state index in [9.17, 15) is 9.59 Å². The van der Waals surface area contributed by atoms with Gasteiger partial charge in [0.2, 0.25) is 0 Å². The first kappa shape index (κ1) is 25.5. The smallest absolute Gasteiger partial charge is 0.251 e. The Kier molecular flexibility index (Phi) is 7.79. The van der Waals surface area contributed by atoms with Gasteiger partial charge >= 0.3 is 0 Å². The van der Waals surface area contributed by atoms with E-state index in [-0.39, 0.29) is 17.9 Å². The van der Waals surface area contributed by atoms with E-state index in [1.54, 1.807) is 0 Å². The van der Waals surface area contributed by atoms with Crippen LogP contribution in [0.4, 0.5) is 0 Å². The Labute approximate surface area is 211 Å². The lowest BCUT2D eigenvalue weighted by Crippen LogP contribution is -2.39. The molecule has 36 heavy (non-hydrogen) atoms. The van der Waals surface area contributed by atoms with Crippen LogP contribution in [0.1, 0.15) is 88.8 Å². The van der Waals surface area contributed by atoms with Crippen molar-refractivity contribution in [2.45, 2.75) is 64.3 Å². The van der Waals surface area contributed by atoms with Gasteiger partial charge in [0.25, 0.3) is 11.8 Å². The second-order valence-corrected chi connectivity index (χ2v) is 9.37. The average molecular weight is 490 g/mol. The first-order chi connectivity index (χ1) is 17.4. The van der Waals surface area contributed by atoms with Crippen molar-refractivity contribution < 1.29 is 9.59 Å². The lowest BCUT2D eigenvalue weighted by molar-refractivity contribution is 0.0947. The van der Waals surface area contributed by atoms with Gasteiger partial charge in [0.1, 0.15) is 0 Å². The van der Waals surface area contributed by atoms with Gasteiger partial charge in [-0.15, -0.1) is 5.10 Å². The lowest BCUT2D eigenvalue weighted by Gasteiger charge is -2.36. The largest absolute Gasteiger partial charge is 0.352 e. The molecule has 0 aliphatic heterocycles. The number of nitrogens with two attached hydrogens (primary N) is 1. The molecule has 0 saturated heterocycles. The number of tetrazole rings is 1. The van der Waals surface area contributed by atoms with Crippen LogP contribution < -0.4 is 16.4 Å². The Morgan fingerprint density at radius 2 is 1.53 bits per heavy atom. The second kappa shape index (κ2) is 11.0. The average Bonchev–Trinajstić information content (AvgIpc) is 3.38. The van der Waals surface area contributed by atoms with Crippen LogP contribution in [0.3, 0.4) is 0 Å². The summed E-state index contributed by atoms with van der Waals surface area (Å²) in [5.74, 6) is 0.403. The number of nitrogens with one attached hydrogen (secondary N) is 3. The van der Waals surface area contributed by atoms with Gasteiger partial charge in [0, 0.05) is 30.3 Å². The number of aryl methyl sites for hydroxylation is 2. The number of aromatic amines is 1. The molecule has 3 aromatic rings. The monoisotopic (exact) mass is 489 g/mol. The summed E-state index contributed by atoms with van der Waals surface area (Å²) in [6.45, 7) is 7.05. The predicted molar refractivity (Wildman–Crippen MR) is 138 cm³/mol. The zero-order chi connectivity index (χ0) is 25.7. The normalized spacial score (nSPS) is 14.8. The summed E-state index contributed by atoms with van der Waals surface area (Å²) in [6, 6.07) is 11.6. The number of fused-ring (bicyclic) bond motifs is 2. The molecular weight excluding hydrogens is 454 g/mol. The van der Waals surface area contributed by atoms with Gasteiger partial charge in [-0.2, -0.15) is 0 Å². The molecule has 4 rings (SSSR count). The molecule has 0 radical (unpaired) electrons. The highest BCUT2D eigenvalue weighted by atomic mass is 16.2. The maximum atomic E-state index is 12.7. The number of nitrogens with zero attached hydrogens (tertiary/aromatic N) is 3. The van der Waals surface area contributed by atoms with E-state index >= 15 is 0 Å². The van der Waals surface area contributed by atoms with Crippen LogP contribution in [0.15, 0.2) is 36.4 Å². The predicted octanol–water partition coefficient (Wildman–Crippen LogP) is 2.65. The van der Waals surface area contributed by atoms with Crippen molar-refractivity contribution in [1.29, 1.82) is 0 Å². The molecule has 0 bridgehead atoms. The fraction of sp³-hybridized carbons (Fsp3) is 0.444. The summed E-state index contributed by atoms with van der Waals surface area (Å²) in [5, 5.41) is 21.1. The number of carbonyl (C=O) groups excluding carboxylic acids is 2. The molecule has 2 aromatic carbocycles. The first-order valence-corrected chi connectivity index (χ1v) is 12.8. The minimum Gasteiger partial charge on any atom is -0.352 e. The number of carbonyl (C=O) groups is 2. The minimum atomic E-state index is -0.751. The second-order valence-electron chi connectivity index (χ2n) is 9.37. The molecule has 1 atom stereocenters. The zero-order valence-corrected chi connectivity index (χ0v) is 21.2. The van der Waals surface area contributed by atoms with Crippen molar-refractivity contribution in [2.24, 2.45) is 5.73 Å². The van der Waals surface area contributed by atoms with E-state index < -0.39 is 5.41 Å². The molecule has 5 N–H and O–H groups in total. The third kappa shape index (κ3) is 4.75. The molecule has 190 valence electrons. The summed E-state index contributed by atoms with van der Waals surface area (Å²) in [6.07, 6.45) is 3.81. The minimum absolute atomic E-state index is 0.102. The maximum Gasteiger partial charge on any atom is 0.251 e. The Bertz CT molecular complexity index is 1150. The molecule has 2 amide bonds. The Morgan fingerprint density at radius 3 is 1.97 bits per heavy atom. The van der Waals surface area contributed by atoms with Crippen LogP contribution in [-0.4, -0.2) is 51.6 Å². The van der Waals surface area contributed by atoms with E-state index in [0.717, 1.165) is 35.1 Å². The quantitative estimate of drug-likeness (QED) is 0.364. The standard InChI is InChI=1S/C27H35N7O2/c1-4-7-21(28)16-27(26-31-33-34-32-26)22-12-10-19(24(35)29-5-2)14-17(22)8-9-18-15-20(11-13-23(18)27)25(36)30-6-3/h10-15,21H,4-9,16,28H2,1-3H3,(H,29,35)(H,30,36)(H,31,32,33,34). The van der Waals surface area contributed by atoms with Crippen LogP contribution in [0.25, 0.3) is 0 Å². The fourth-order valence-corrected chi connectivity index (χ4v) is 5.43.